The van der Waals surface area contributed by atoms with Crippen molar-refractivity contribution in [1.82, 2.24) is 9.80 Å². The third-order valence-corrected chi connectivity index (χ3v) is 6.56. The fourth-order valence-electron chi connectivity index (χ4n) is 5.40. The van der Waals surface area contributed by atoms with Gasteiger partial charge in [0.1, 0.15) is 11.6 Å². The Hall–Kier alpha value is -1.93. The van der Waals surface area contributed by atoms with Crippen LogP contribution in [0.2, 0.25) is 0 Å². The van der Waals surface area contributed by atoms with Gasteiger partial charge in [-0.15, -0.1) is 6.58 Å². The van der Waals surface area contributed by atoms with Crippen LogP contribution >= 0.6 is 0 Å². The molecule has 2 N–H and O–H groups in total. The molecule has 2 bridgehead atoms. The number of hydrogen-bond acceptors (Lipinski definition) is 5. The predicted octanol–water partition coefficient (Wildman–Crippen LogP) is 0.643. The third-order valence-electron chi connectivity index (χ3n) is 6.56. The van der Waals surface area contributed by atoms with Gasteiger partial charge in [0.2, 0.25) is 11.8 Å². The minimum Gasteiger partial charge on any atom is -0.481 e. The summed E-state index contributed by atoms with van der Waals surface area (Å²) in [6.45, 7) is 8.03. The highest BCUT2D eigenvalue weighted by molar-refractivity contribution is 5.98. The number of carboxylic acid groups (broad SMARTS) is 1. The highest BCUT2D eigenvalue weighted by atomic mass is 16.5. The second-order valence-electron chi connectivity index (χ2n) is 8.25. The number of unbranched alkanes of at least 4 members (excludes halogenated alkanes) is 1. The van der Waals surface area contributed by atoms with Crippen LogP contribution in [0.5, 0.6) is 0 Å². The van der Waals surface area contributed by atoms with E-state index in [2.05, 4.69) is 6.58 Å². The number of fused-ring (bicyclic) bond motifs is 1. The molecule has 3 saturated heterocycles. The molecule has 8 nitrogen and oxygen atoms in total. The van der Waals surface area contributed by atoms with Crippen molar-refractivity contribution >= 4 is 17.8 Å². The molecule has 156 valence electrons. The quantitative estimate of drug-likeness (QED) is 0.556. The summed E-state index contributed by atoms with van der Waals surface area (Å²) in [7, 11) is 0. The maximum Gasteiger partial charge on any atom is 0.310 e. The van der Waals surface area contributed by atoms with Gasteiger partial charge in [-0.05, 0) is 26.2 Å². The van der Waals surface area contributed by atoms with Gasteiger partial charge in [0.15, 0.2) is 0 Å². The second-order valence-corrected chi connectivity index (χ2v) is 8.25. The van der Waals surface area contributed by atoms with Gasteiger partial charge in [-0.1, -0.05) is 19.4 Å². The molecule has 0 aromatic heterocycles. The fraction of sp³-hybridized carbons (Fsp3) is 0.750. The van der Waals surface area contributed by atoms with E-state index in [-0.39, 0.29) is 19.1 Å². The second kappa shape index (κ2) is 7.48. The van der Waals surface area contributed by atoms with E-state index in [1.807, 2.05) is 6.92 Å². The molecular formula is C20H30N2O6. The fourth-order valence-corrected chi connectivity index (χ4v) is 5.40. The van der Waals surface area contributed by atoms with Gasteiger partial charge in [0.05, 0.1) is 24.0 Å². The molecule has 2 unspecified atom stereocenters. The van der Waals surface area contributed by atoms with E-state index in [0.717, 1.165) is 12.8 Å². The summed E-state index contributed by atoms with van der Waals surface area (Å²) in [6.07, 6.45) is 4.31. The van der Waals surface area contributed by atoms with Crippen LogP contribution in [0.4, 0.5) is 0 Å². The van der Waals surface area contributed by atoms with Crippen LogP contribution in [0.3, 0.4) is 0 Å². The van der Waals surface area contributed by atoms with E-state index in [9.17, 15) is 24.6 Å². The highest BCUT2D eigenvalue weighted by Gasteiger charge is 2.78. The number of β-amino-alcohol motifs (C(OH)–C–C–N with tert-alkyl or cyclic N) is 1. The maximum absolute atomic E-state index is 13.6. The van der Waals surface area contributed by atoms with E-state index in [4.69, 9.17) is 4.74 Å². The van der Waals surface area contributed by atoms with Crippen molar-refractivity contribution < 1.29 is 29.3 Å². The number of ether oxygens (including phenoxy) is 1. The van der Waals surface area contributed by atoms with Crippen LogP contribution in [0, 0.1) is 11.8 Å². The van der Waals surface area contributed by atoms with Crippen LogP contribution in [-0.4, -0.2) is 81.3 Å². The van der Waals surface area contributed by atoms with E-state index in [0.29, 0.717) is 25.9 Å². The first-order chi connectivity index (χ1) is 13.3. The van der Waals surface area contributed by atoms with Gasteiger partial charge in [0, 0.05) is 19.6 Å². The lowest BCUT2D eigenvalue weighted by Crippen LogP contribution is -2.56. The van der Waals surface area contributed by atoms with Gasteiger partial charge in [-0.3, -0.25) is 14.4 Å². The van der Waals surface area contributed by atoms with E-state index < -0.39 is 41.0 Å². The summed E-state index contributed by atoms with van der Waals surface area (Å²) in [5, 5.41) is 19.3. The Labute approximate surface area is 165 Å². The number of aliphatic carboxylic acids is 1. The first-order valence-corrected chi connectivity index (χ1v) is 10.0. The summed E-state index contributed by atoms with van der Waals surface area (Å²) in [5.41, 5.74) is -2.10. The third kappa shape index (κ3) is 2.85. The number of carboxylic acids is 1. The standard InChI is InChI=1S/C20H30N2O6/c1-4-6-10-21(9-5-2)17(25)15-20-8-7-19(3,28-20)14(18(26)27)13(20)16(24)22(15)11-12-23/h5,13-15,23H,2,4,6-12H2,1,3H3,(H,26,27)/t13-,14-,15?,19+,20?/m0/s1. The molecule has 3 rings (SSSR count). The molecular weight excluding hydrogens is 364 g/mol. The topological polar surface area (TPSA) is 107 Å². The number of nitrogens with zero attached hydrogens (tertiary/aromatic N) is 2. The largest absolute Gasteiger partial charge is 0.481 e. The average Bonchev–Trinajstić information content (AvgIpc) is 3.20. The molecule has 3 fully saturated rings. The van der Waals surface area contributed by atoms with E-state index >= 15 is 0 Å². The molecule has 1 spiro atoms. The van der Waals surface area contributed by atoms with Crippen LogP contribution in [0.25, 0.3) is 0 Å². The smallest absolute Gasteiger partial charge is 0.310 e. The van der Waals surface area contributed by atoms with Crippen molar-refractivity contribution in [3.63, 3.8) is 0 Å². The minimum atomic E-state index is -1.15. The van der Waals surface area contributed by atoms with Crippen molar-refractivity contribution in [3.8, 4) is 0 Å². The van der Waals surface area contributed by atoms with Gasteiger partial charge in [-0.25, -0.2) is 0 Å². The van der Waals surface area contributed by atoms with Crippen LogP contribution < -0.4 is 0 Å². The molecule has 3 aliphatic heterocycles. The van der Waals surface area contributed by atoms with Gasteiger partial charge in [-0.2, -0.15) is 0 Å². The molecule has 0 aromatic carbocycles. The Morgan fingerprint density at radius 2 is 2.14 bits per heavy atom. The number of rotatable bonds is 9. The monoisotopic (exact) mass is 394 g/mol. The summed E-state index contributed by atoms with van der Waals surface area (Å²) in [4.78, 5) is 41.8. The zero-order chi connectivity index (χ0) is 20.7. The van der Waals surface area contributed by atoms with Crippen LogP contribution in [0.15, 0.2) is 12.7 Å². The number of aliphatic hydroxyl groups excluding tert-OH is 1. The summed E-state index contributed by atoms with van der Waals surface area (Å²) in [6, 6.07) is -0.917. The van der Waals surface area contributed by atoms with Crippen molar-refractivity contribution in [2.75, 3.05) is 26.2 Å². The maximum atomic E-state index is 13.6. The number of carbonyl (C=O) groups is 3. The Morgan fingerprint density at radius 3 is 2.71 bits per heavy atom. The zero-order valence-electron chi connectivity index (χ0n) is 16.6. The summed E-state index contributed by atoms with van der Waals surface area (Å²) in [5.74, 6) is -3.63. The van der Waals surface area contributed by atoms with Crippen molar-refractivity contribution in [2.45, 2.75) is 56.8 Å². The van der Waals surface area contributed by atoms with Crippen molar-refractivity contribution in [2.24, 2.45) is 11.8 Å². The minimum absolute atomic E-state index is 0.0182. The number of aliphatic hydroxyl groups is 1. The lowest BCUT2D eigenvalue weighted by atomic mass is 9.66. The van der Waals surface area contributed by atoms with E-state index in [1.165, 1.54) is 4.90 Å². The lowest BCUT2D eigenvalue weighted by molar-refractivity contribution is -0.156. The predicted molar refractivity (Wildman–Crippen MR) is 100 cm³/mol. The molecule has 0 aromatic rings. The lowest BCUT2D eigenvalue weighted by Gasteiger charge is -2.36. The molecule has 0 radical (unpaired) electrons. The highest BCUT2D eigenvalue weighted by Crippen LogP contribution is 2.63. The Kier molecular flexibility index (Phi) is 5.55. The Bertz CT molecular complexity index is 682. The summed E-state index contributed by atoms with van der Waals surface area (Å²) < 4.78 is 6.26. The molecule has 3 heterocycles. The molecule has 2 amide bonds. The first-order valence-electron chi connectivity index (χ1n) is 10.0. The van der Waals surface area contributed by atoms with Crippen molar-refractivity contribution in [3.05, 3.63) is 12.7 Å². The SMILES string of the molecule is C=CCN(CCCC)C(=O)C1N(CCO)C(=O)[C@@H]2[C@@H](C(=O)O)[C@@]3(C)CCC12O3. The number of likely N-dealkylation sites (tertiary alicyclic amines) is 1. The van der Waals surface area contributed by atoms with Gasteiger partial charge < -0.3 is 24.7 Å². The number of amides is 2. The average molecular weight is 394 g/mol. The molecule has 0 aliphatic carbocycles. The van der Waals surface area contributed by atoms with Crippen LogP contribution in [0.1, 0.15) is 39.5 Å². The molecule has 0 saturated carbocycles. The van der Waals surface area contributed by atoms with Gasteiger partial charge in [0.25, 0.3) is 0 Å². The normalized spacial score (nSPS) is 35.9. The van der Waals surface area contributed by atoms with Gasteiger partial charge >= 0.3 is 5.97 Å². The molecule has 8 heteroatoms. The van der Waals surface area contributed by atoms with E-state index in [1.54, 1.807) is 17.9 Å². The number of hydrogen-bond donors (Lipinski definition) is 2. The van der Waals surface area contributed by atoms with Crippen LogP contribution in [-0.2, 0) is 19.1 Å². The Morgan fingerprint density at radius 1 is 1.43 bits per heavy atom. The first kappa shape index (κ1) is 20.8. The molecule has 5 atom stereocenters. The number of carbonyl (C=O) groups excluding carboxylic acids is 2. The van der Waals surface area contributed by atoms with Crippen molar-refractivity contribution in [1.29, 1.82) is 0 Å². The molecule has 28 heavy (non-hydrogen) atoms. The molecule has 3 aliphatic rings. The Balaban J connectivity index is 2.03. The summed E-state index contributed by atoms with van der Waals surface area (Å²) >= 11 is 0. The zero-order valence-corrected chi connectivity index (χ0v) is 16.6.